The molecule has 1 unspecified atom stereocenters. The number of halogens is 1. The number of thiophene rings is 1. The van der Waals surface area contributed by atoms with Crippen molar-refractivity contribution >= 4 is 22.9 Å². The SMILES string of the molecule is CCCn1ncc(Cl)c1C(NC)c1cc2c(s1)CCCC2. The zero-order valence-electron chi connectivity index (χ0n) is 12.7. The van der Waals surface area contributed by atoms with Crippen LogP contribution in [0.2, 0.25) is 5.02 Å². The van der Waals surface area contributed by atoms with Gasteiger partial charge in [0, 0.05) is 16.3 Å². The van der Waals surface area contributed by atoms with E-state index in [9.17, 15) is 0 Å². The van der Waals surface area contributed by atoms with Gasteiger partial charge in [0.1, 0.15) is 0 Å². The molecule has 1 N–H and O–H groups in total. The summed E-state index contributed by atoms with van der Waals surface area (Å²) in [5, 5.41) is 8.62. The first kappa shape index (κ1) is 15.1. The van der Waals surface area contributed by atoms with Crippen LogP contribution in [-0.4, -0.2) is 16.8 Å². The molecule has 2 aromatic heterocycles. The van der Waals surface area contributed by atoms with Crippen molar-refractivity contribution in [3.8, 4) is 0 Å². The van der Waals surface area contributed by atoms with Gasteiger partial charge in [0.25, 0.3) is 0 Å². The molecule has 0 aliphatic heterocycles. The van der Waals surface area contributed by atoms with Crippen molar-refractivity contribution in [3.05, 3.63) is 38.3 Å². The maximum atomic E-state index is 6.41. The third-order valence-corrected chi connectivity index (χ3v) is 5.72. The number of nitrogens with one attached hydrogen (secondary N) is 1. The Hall–Kier alpha value is -0.840. The molecular formula is C16H22ClN3S. The molecule has 0 radical (unpaired) electrons. The van der Waals surface area contributed by atoms with Crippen molar-refractivity contribution in [2.75, 3.05) is 7.05 Å². The number of hydrogen-bond acceptors (Lipinski definition) is 3. The molecule has 2 heterocycles. The van der Waals surface area contributed by atoms with Gasteiger partial charge in [0.15, 0.2) is 0 Å². The zero-order chi connectivity index (χ0) is 14.8. The van der Waals surface area contributed by atoms with Gasteiger partial charge in [0.05, 0.1) is 23.0 Å². The molecule has 5 heteroatoms. The van der Waals surface area contributed by atoms with Crippen molar-refractivity contribution < 1.29 is 0 Å². The van der Waals surface area contributed by atoms with E-state index in [1.807, 2.05) is 23.1 Å². The van der Waals surface area contributed by atoms with Gasteiger partial charge < -0.3 is 5.32 Å². The summed E-state index contributed by atoms with van der Waals surface area (Å²) in [5.41, 5.74) is 2.64. The van der Waals surface area contributed by atoms with Crippen LogP contribution in [0.25, 0.3) is 0 Å². The smallest absolute Gasteiger partial charge is 0.0854 e. The molecule has 3 rings (SSSR count). The summed E-state index contributed by atoms with van der Waals surface area (Å²) in [6.07, 6.45) is 7.93. The summed E-state index contributed by atoms with van der Waals surface area (Å²) in [5.74, 6) is 0. The summed E-state index contributed by atoms with van der Waals surface area (Å²) in [6.45, 7) is 3.07. The maximum absolute atomic E-state index is 6.41. The largest absolute Gasteiger partial charge is 0.307 e. The summed E-state index contributed by atoms with van der Waals surface area (Å²) in [7, 11) is 2.00. The van der Waals surface area contributed by atoms with E-state index in [0.29, 0.717) is 0 Å². The normalized spacial score (nSPS) is 16.0. The van der Waals surface area contributed by atoms with E-state index in [4.69, 9.17) is 11.6 Å². The van der Waals surface area contributed by atoms with Gasteiger partial charge in [-0.05, 0) is 50.8 Å². The van der Waals surface area contributed by atoms with Gasteiger partial charge in [-0.2, -0.15) is 5.10 Å². The minimum atomic E-state index is 0.141. The van der Waals surface area contributed by atoms with E-state index in [1.165, 1.54) is 30.6 Å². The highest BCUT2D eigenvalue weighted by Crippen LogP contribution is 2.37. The van der Waals surface area contributed by atoms with E-state index >= 15 is 0 Å². The summed E-state index contributed by atoms with van der Waals surface area (Å²) in [4.78, 5) is 2.93. The van der Waals surface area contributed by atoms with Crippen LogP contribution in [-0.2, 0) is 19.4 Å². The number of hydrogen-bond donors (Lipinski definition) is 1. The summed E-state index contributed by atoms with van der Waals surface area (Å²) >= 11 is 8.35. The average molecular weight is 324 g/mol. The van der Waals surface area contributed by atoms with Crippen LogP contribution < -0.4 is 5.32 Å². The highest BCUT2D eigenvalue weighted by Gasteiger charge is 2.24. The monoisotopic (exact) mass is 323 g/mol. The van der Waals surface area contributed by atoms with Crippen LogP contribution >= 0.6 is 22.9 Å². The molecule has 1 atom stereocenters. The van der Waals surface area contributed by atoms with E-state index in [1.54, 1.807) is 16.6 Å². The van der Waals surface area contributed by atoms with Crippen molar-refractivity contribution in [3.63, 3.8) is 0 Å². The molecule has 1 aliphatic carbocycles. The first-order valence-electron chi connectivity index (χ1n) is 7.74. The molecule has 1 aliphatic rings. The van der Waals surface area contributed by atoms with Crippen LogP contribution in [0.15, 0.2) is 12.3 Å². The fourth-order valence-corrected chi connectivity index (χ4v) is 4.74. The second-order valence-electron chi connectivity index (χ2n) is 5.63. The Morgan fingerprint density at radius 2 is 2.24 bits per heavy atom. The predicted octanol–water partition coefficient (Wildman–Crippen LogP) is 4.20. The van der Waals surface area contributed by atoms with Gasteiger partial charge in [-0.3, -0.25) is 4.68 Å². The highest BCUT2D eigenvalue weighted by molar-refractivity contribution is 7.12. The Labute approximate surface area is 135 Å². The van der Waals surface area contributed by atoms with Crippen molar-refractivity contribution in [1.82, 2.24) is 15.1 Å². The minimum absolute atomic E-state index is 0.141. The van der Waals surface area contributed by atoms with E-state index in [-0.39, 0.29) is 6.04 Å². The second kappa shape index (κ2) is 6.51. The van der Waals surface area contributed by atoms with Gasteiger partial charge in [-0.25, -0.2) is 0 Å². The Morgan fingerprint density at radius 1 is 1.43 bits per heavy atom. The zero-order valence-corrected chi connectivity index (χ0v) is 14.2. The Morgan fingerprint density at radius 3 is 2.95 bits per heavy atom. The number of nitrogens with zero attached hydrogens (tertiary/aromatic N) is 2. The molecule has 3 nitrogen and oxygen atoms in total. The van der Waals surface area contributed by atoms with Crippen molar-refractivity contribution in [2.45, 2.75) is 51.6 Å². The fourth-order valence-electron chi connectivity index (χ4n) is 3.12. The van der Waals surface area contributed by atoms with Gasteiger partial charge in [0.2, 0.25) is 0 Å². The second-order valence-corrected chi connectivity index (χ2v) is 7.20. The molecule has 0 amide bonds. The first-order chi connectivity index (χ1) is 10.2. The standard InChI is InChI=1S/C16H22ClN3S/c1-3-8-20-16(12(17)10-19-20)15(18-2)14-9-11-6-4-5-7-13(11)21-14/h9-10,15,18H,3-8H2,1-2H3. The quantitative estimate of drug-likeness (QED) is 0.894. The lowest BCUT2D eigenvalue weighted by molar-refractivity contribution is 0.537. The highest BCUT2D eigenvalue weighted by atomic mass is 35.5. The molecule has 114 valence electrons. The van der Waals surface area contributed by atoms with Crippen molar-refractivity contribution in [2.24, 2.45) is 0 Å². The summed E-state index contributed by atoms with van der Waals surface area (Å²) < 4.78 is 2.04. The van der Waals surface area contributed by atoms with E-state index < -0.39 is 0 Å². The molecule has 0 fully saturated rings. The van der Waals surface area contributed by atoms with Crippen LogP contribution in [0.4, 0.5) is 0 Å². The lowest BCUT2D eigenvalue weighted by atomic mass is 9.98. The van der Waals surface area contributed by atoms with E-state index in [0.717, 1.165) is 23.7 Å². The van der Waals surface area contributed by atoms with Gasteiger partial charge in [-0.15, -0.1) is 11.3 Å². The van der Waals surface area contributed by atoms with Crippen LogP contribution in [0.3, 0.4) is 0 Å². The molecule has 0 bridgehead atoms. The third-order valence-electron chi connectivity index (χ3n) is 4.13. The number of aromatic nitrogens is 2. The lowest BCUT2D eigenvalue weighted by Gasteiger charge is -2.17. The Kier molecular flexibility index (Phi) is 4.67. The van der Waals surface area contributed by atoms with Crippen LogP contribution in [0, 0.1) is 0 Å². The van der Waals surface area contributed by atoms with Crippen LogP contribution in [0.1, 0.15) is 53.2 Å². The van der Waals surface area contributed by atoms with E-state index in [2.05, 4.69) is 23.4 Å². The first-order valence-corrected chi connectivity index (χ1v) is 8.94. The molecule has 21 heavy (non-hydrogen) atoms. The van der Waals surface area contributed by atoms with Gasteiger partial charge in [-0.1, -0.05) is 18.5 Å². The average Bonchev–Trinajstić information content (AvgIpc) is 3.06. The minimum Gasteiger partial charge on any atom is -0.307 e. The number of aryl methyl sites for hydroxylation is 3. The topological polar surface area (TPSA) is 29.9 Å². The van der Waals surface area contributed by atoms with Crippen molar-refractivity contribution in [1.29, 1.82) is 0 Å². The lowest BCUT2D eigenvalue weighted by Crippen LogP contribution is -2.21. The Bertz CT molecular complexity index is 594. The molecule has 0 saturated carbocycles. The molecule has 0 aromatic carbocycles. The molecule has 0 spiro atoms. The molecule has 2 aromatic rings. The maximum Gasteiger partial charge on any atom is 0.0854 e. The molecule has 0 saturated heterocycles. The molecular weight excluding hydrogens is 302 g/mol. The van der Waals surface area contributed by atoms with Gasteiger partial charge >= 0.3 is 0 Å². The number of rotatable bonds is 5. The third kappa shape index (κ3) is 2.89. The predicted molar refractivity (Wildman–Crippen MR) is 89.4 cm³/mol. The Balaban J connectivity index is 1.98. The van der Waals surface area contributed by atoms with Crippen LogP contribution in [0.5, 0.6) is 0 Å². The summed E-state index contributed by atoms with van der Waals surface area (Å²) in [6, 6.07) is 2.52. The number of fused-ring (bicyclic) bond motifs is 1. The fraction of sp³-hybridized carbons (Fsp3) is 0.562.